The summed E-state index contributed by atoms with van der Waals surface area (Å²) in [5, 5.41) is 4.03. The third-order valence-electron chi connectivity index (χ3n) is 3.11. The zero-order chi connectivity index (χ0) is 14.5. The van der Waals surface area contributed by atoms with Crippen LogP contribution in [0.25, 0.3) is 0 Å². The molecule has 1 nitrogen and oxygen atoms in total. The summed E-state index contributed by atoms with van der Waals surface area (Å²) < 4.78 is 14.9. The van der Waals surface area contributed by atoms with Gasteiger partial charge in [0, 0.05) is 21.1 Å². The van der Waals surface area contributed by atoms with Gasteiger partial charge in [-0.2, -0.15) is 0 Å². The van der Waals surface area contributed by atoms with Crippen LogP contribution >= 0.6 is 27.5 Å². The molecule has 1 unspecified atom stereocenters. The SMILES string of the molecule is CCNC(Cc1cccc(Cl)c1)c1cc(Br)ccc1F. The van der Waals surface area contributed by atoms with Gasteiger partial charge in [-0.25, -0.2) is 4.39 Å². The Morgan fingerprint density at radius 2 is 2.05 bits per heavy atom. The molecule has 1 atom stereocenters. The Balaban J connectivity index is 2.29. The molecule has 0 heterocycles. The van der Waals surface area contributed by atoms with Crippen LogP contribution in [0.2, 0.25) is 5.02 Å². The molecule has 0 radical (unpaired) electrons. The van der Waals surface area contributed by atoms with Crippen molar-refractivity contribution in [1.29, 1.82) is 0 Å². The number of benzene rings is 2. The van der Waals surface area contributed by atoms with Crippen molar-refractivity contribution in [2.45, 2.75) is 19.4 Å². The molecule has 0 amide bonds. The molecule has 0 aliphatic heterocycles. The molecule has 0 aliphatic carbocycles. The molecule has 0 bridgehead atoms. The highest BCUT2D eigenvalue weighted by atomic mass is 79.9. The summed E-state index contributed by atoms with van der Waals surface area (Å²) in [7, 11) is 0. The van der Waals surface area contributed by atoms with Crippen LogP contribution in [0.4, 0.5) is 4.39 Å². The molecule has 2 rings (SSSR count). The van der Waals surface area contributed by atoms with Crippen LogP contribution in [-0.4, -0.2) is 6.54 Å². The fourth-order valence-corrected chi connectivity index (χ4v) is 2.81. The third-order valence-corrected chi connectivity index (χ3v) is 3.84. The zero-order valence-electron chi connectivity index (χ0n) is 11.2. The Bertz CT molecular complexity index is 588. The Hall–Kier alpha value is -0.900. The highest BCUT2D eigenvalue weighted by Gasteiger charge is 2.16. The van der Waals surface area contributed by atoms with Crippen molar-refractivity contribution < 1.29 is 4.39 Å². The van der Waals surface area contributed by atoms with Crippen molar-refractivity contribution in [1.82, 2.24) is 5.32 Å². The summed E-state index contributed by atoms with van der Waals surface area (Å²) in [6, 6.07) is 12.6. The molecule has 1 N–H and O–H groups in total. The van der Waals surface area contributed by atoms with Gasteiger partial charge >= 0.3 is 0 Å². The van der Waals surface area contributed by atoms with E-state index in [2.05, 4.69) is 21.2 Å². The Kier molecular flexibility index (Phi) is 5.58. The number of hydrogen-bond acceptors (Lipinski definition) is 1. The smallest absolute Gasteiger partial charge is 0.128 e. The molecule has 0 fully saturated rings. The van der Waals surface area contributed by atoms with Crippen molar-refractivity contribution in [3.63, 3.8) is 0 Å². The van der Waals surface area contributed by atoms with E-state index in [1.165, 1.54) is 6.07 Å². The maximum atomic E-state index is 14.0. The first kappa shape index (κ1) is 15.5. The number of nitrogens with one attached hydrogen (secondary N) is 1. The first-order chi connectivity index (χ1) is 9.60. The van der Waals surface area contributed by atoms with Gasteiger partial charge in [-0.05, 0) is 48.9 Å². The summed E-state index contributed by atoms with van der Waals surface area (Å²) in [5.41, 5.74) is 1.75. The summed E-state index contributed by atoms with van der Waals surface area (Å²) >= 11 is 9.40. The van der Waals surface area contributed by atoms with Gasteiger partial charge in [0.05, 0.1) is 0 Å². The Labute approximate surface area is 132 Å². The van der Waals surface area contributed by atoms with Crippen molar-refractivity contribution in [3.05, 3.63) is 68.9 Å². The molecule has 0 saturated carbocycles. The van der Waals surface area contributed by atoms with E-state index in [9.17, 15) is 4.39 Å². The van der Waals surface area contributed by atoms with E-state index in [1.807, 2.05) is 37.3 Å². The molecule has 0 spiro atoms. The van der Waals surface area contributed by atoms with Crippen LogP contribution in [0.5, 0.6) is 0 Å². The molecule has 20 heavy (non-hydrogen) atoms. The normalized spacial score (nSPS) is 12.4. The lowest BCUT2D eigenvalue weighted by Crippen LogP contribution is -2.24. The monoisotopic (exact) mass is 355 g/mol. The summed E-state index contributed by atoms with van der Waals surface area (Å²) in [6.07, 6.45) is 0.696. The number of likely N-dealkylation sites (N-methyl/N-ethyl adjacent to an activating group) is 1. The standard InChI is InChI=1S/C16H16BrClFN/c1-2-20-16(9-11-4-3-5-13(18)8-11)14-10-12(17)6-7-15(14)19/h3-8,10,16,20H,2,9H2,1H3. The topological polar surface area (TPSA) is 12.0 Å². The van der Waals surface area contributed by atoms with E-state index in [1.54, 1.807) is 6.07 Å². The lowest BCUT2D eigenvalue weighted by atomic mass is 9.98. The van der Waals surface area contributed by atoms with Gasteiger partial charge in [0.15, 0.2) is 0 Å². The van der Waals surface area contributed by atoms with Crippen molar-refractivity contribution in [3.8, 4) is 0 Å². The average Bonchev–Trinajstić information content (AvgIpc) is 2.41. The van der Waals surface area contributed by atoms with Gasteiger partial charge in [0.2, 0.25) is 0 Å². The summed E-state index contributed by atoms with van der Waals surface area (Å²) in [5.74, 6) is -0.193. The highest BCUT2D eigenvalue weighted by Crippen LogP contribution is 2.25. The van der Waals surface area contributed by atoms with Gasteiger partial charge < -0.3 is 5.32 Å². The Morgan fingerprint density at radius 1 is 1.25 bits per heavy atom. The van der Waals surface area contributed by atoms with Gasteiger partial charge in [-0.15, -0.1) is 0 Å². The van der Waals surface area contributed by atoms with E-state index in [-0.39, 0.29) is 11.9 Å². The molecule has 0 aliphatic rings. The average molecular weight is 357 g/mol. The van der Waals surface area contributed by atoms with Crippen molar-refractivity contribution in [2.75, 3.05) is 6.54 Å². The summed E-state index contributed by atoms with van der Waals surface area (Å²) in [6.45, 7) is 2.79. The minimum Gasteiger partial charge on any atom is -0.310 e. The second kappa shape index (κ2) is 7.21. The Morgan fingerprint density at radius 3 is 2.75 bits per heavy atom. The zero-order valence-corrected chi connectivity index (χ0v) is 13.5. The van der Waals surface area contributed by atoms with Crippen molar-refractivity contribution in [2.24, 2.45) is 0 Å². The quantitative estimate of drug-likeness (QED) is 0.782. The van der Waals surface area contributed by atoms with E-state index >= 15 is 0 Å². The van der Waals surface area contributed by atoms with E-state index in [0.717, 1.165) is 16.6 Å². The first-order valence-electron chi connectivity index (χ1n) is 6.53. The second-order valence-corrected chi connectivity index (χ2v) is 5.96. The first-order valence-corrected chi connectivity index (χ1v) is 7.70. The fraction of sp³-hybridized carbons (Fsp3) is 0.250. The van der Waals surface area contributed by atoms with Crippen LogP contribution in [0.1, 0.15) is 24.1 Å². The molecule has 0 aromatic heterocycles. The van der Waals surface area contributed by atoms with Crippen molar-refractivity contribution >= 4 is 27.5 Å². The summed E-state index contributed by atoms with van der Waals surface area (Å²) in [4.78, 5) is 0. The maximum Gasteiger partial charge on any atom is 0.128 e. The fourth-order valence-electron chi connectivity index (χ4n) is 2.22. The highest BCUT2D eigenvalue weighted by molar-refractivity contribution is 9.10. The molecule has 106 valence electrons. The van der Waals surface area contributed by atoms with Gasteiger partial charge in [0.1, 0.15) is 5.82 Å². The lowest BCUT2D eigenvalue weighted by molar-refractivity contribution is 0.509. The predicted octanol–water partition coefficient (Wildman–Crippen LogP) is 5.13. The minimum atomic E-state index is -0.193. The molecular formula is C16H16BrClFN. The maximum absolute atomic E-state index is 14.0. The van der Waals surface area contributed by atoms with E-state index in [0.29, 0.717) is 17.0 Å². The number of rotatable bonds is 5. The number of halogens is 3. The molecule has 2 aromatic carbocycles. The van der Waals surface area contributed by atoms with Gasteiger partial charge in [-0.3, -0.25) is 0 Å². The molecule has 4 heteroatoms. The predicted molar refractivity (Wildman–Crippen MR) is 85.7 cm³/mol. The van der Waals surface area contributed by atoms with Gasteiger partial charge in [-0.1, -0.05) is 46.6 Å². The lowest BCUT2D eigenvalue weighted by Gasteiger charge is -2.19. The van der Waals surface area contributed by atoms with Crippen LogP contribution in [0.3, 0.4) is 0 Å². The van der Waals surface area contributed by atoms with E-state index < -0.39 is 0 Å². The minimum absolute atomic E-state index is 0.0732. The van der Waals surface area contributed by atoms with Crippen LogP contribution < -0.4 is 5.32 Å². The third kappa shape index (κ3) is 4.05. The largest absolute Gasteiger partial charge is 0.310 e. The van der Waals surface area contributed by atoms with Crippen LogP contribution in [0, 0.1) is 5.82 Å². The van der Waals surface area contributed by atoms with Crippen LogP contribution in [0.15, 0.2) is 46.9 Å². The van der Waals surface area contributed by atoms with E-state index in [4.69, 9.17) is 11.6 Å². The number of hydrogen-bond donors (Lipinski definition) is 1. The second-order valence-electron chi connectivity index (χ2n) is 4.61. The van der Waals surface area contributed by atoms with Gasteiger partial charge in [0.25, 0.3) is 0 Å². The molecular weight excluding hydrogens is 341 g/mol. The van der Waals surface area contributed by atoms with Crippen LogP contribution in [-0.2, 0) is 6.42 Å². The molecule has 0 saturated heterocycles. The molecule has 2 aromatic rings.